The van der Waals surface area contributed by atoms with E-state index in [0.717, 1.165) is 5.56 Å². The Kier molecular flexibility index (Phi) is 6.41. The molecule has 0 fully saturated rings. The molecule has 0 aromatic heterocycles. The number of hydrogen-bond acceptors (Lipinski definition) is 4. The fourth-order valence-electron chi connectivity index (χ4n) is 1.52. The Morgan fingerprint density at radius 1 is 1.53 bits per heavy atom. The number of carbonyl (C=O) groups excluding carboxylic acids is 1. The van der Waals surface area contributed by atoms with E-state index in [-0.39, 0.29) is 5.91 Å². The van der Waals surface area contributed by atoms with Crippen LogP contribution in [0.25, 0.3) is 0 Å². The number of nitrogens with one attached hydrogen (secondary N) is 1. The molecule has 0 aliphatic carbocycles. The Morgan fingerprint density at radius 3 is 2.89 bits per heavy atom. The molecule has 104 valence electrons. The highest BCUT2D eigenvalue weighted by Gasteiger charge is 2.07. The molecule has 5 nitrogen and oxygen atoms in total. The lowest BCUT2D eigenvalue weighted by Crippen LogP contribution is -2.32. The van der Waals surface area contributed by atoms with Gasteiger partial charge in [-0.3, -0.25) is 9.69 Å². The van der Waals surface area contributed by atoms with E-state index in [1.807, 2.05) is 18.0 Å². The van der Waals surface area contributed by atoms with Crippen LogP contribution in [-0.4, -0.2) is 49.6 Å². The molecule has 0 aliphatic rings. The van der Waals surface area contributed by atoms with Crippen molar-refractivity contribution in [2.75, 3.05) is 39.2 Å². The van der Waals surface area contributed by atoms with Gasteiger partial charge in [0.15, 0.2) is 0 Å². The number of nitrogens with two attached hydrogens (primary N) is 1. The summed E-state index contributed by atoms with van der Waals surface area (Å²) < 4.78 is 4.95. The molecule has 0 saturated heterocycles. The first-order chi connectivity index (χ1) is 9.02. The molecular weight excluding hydrogens is 262 g/mol. The largest absolute Gasteiger partial charge is 0.389 e. The highest BCUT2D eigenvalue weighted by Crippen LogP contribution is 2.10. The Bertz CT molecular complexity index is 451. The van der Waals surface area contributed by atoms with Crippen LogP contribution in [0, 0.1) is 0 Å². The number of likely N-dealkylation sites (N-methyl/N-ethyl adjacent to an activating group) is 1. The summed E-state index contributed by atoms with van der Waals surface area (Å²) in [6.45, 7) is 1.61. The van der Waals surface area contributed by atoms with Gasteiger partial charge in [0.05, 0.1) is 13.2 Å². The summed E-state index contributed by atoms with van der Waals surface area (Å²) in [7, 11) is 3.50. The van der Waals surface area contributed by atoms with Gasteiger partial charge in [0.2, 0.25) is 5.91 Å². The maximum Gasteiger partial charge on any atom is 0.238 e. The molecule has 0 unspecified atom stereocenters. The van der Waals surface area contributed by atoms with Gasteiger partial charge in [-0.15, -0.1) is 0 Å². The van der Waals surface area contributed by atoms with E-state index in [2.05, 4.69) is 5.32 Å². The second kappa shape index (κ2) is 7.83. The third kappa shape index (κ3) is 5.78. The maximum absolute atomic E-state index is 11.8. The summed E-state index contributed by atoms with van der Waals surface area (Å²) in [5.41, 5.74) is 6.97. The minimum Gasteiger partial charge on any atom is -0.389 e. The summed E-state index contributed by atoms with van der Waals surface area (Å²) in [5, 5.41) is 2.81. The van der Waals surface area contributed by atoms with E-state index in [0.29, 0.717) is 30.4 Å². The van der Waals surface area contributed by atoms with Gasteiger partial charge < -0.3 is 15.8 Å². The minimum absolute atomic E-state index is 0.0845. The predicted molar refractivity (Wildman–Crippen MR) is 80.3 cm³/mol. The highest BCUT2D eigenvalue weighted by atomic mass is 32.1. The summed E-state index contributed by atoms with van der Waals surface area (Å²) in [5.74, 6) is -0.0845. The molecule has 0 heterocycles. The molecule has 0 aliphatic heterocycles. The van der Waals surface area contributed by atoms with Crippen molar-refractivity contribution in [1.82, 2.24) is 4.90 Å². The number of amides is 1. The first-order valence-electron chi connectivity index (χ1n) is 5.90. The number of thiocarbonyl (C=S) groups is 1. The standard InChI is InChI=1S/C13H19N3O2S/c1-16(6-7-18-2)9-12(17)15-11-5-3-4-10(8-11)13(14)19/h3-5,8H,6-7,9H2,1-2H3,(H2,14,19)(H,15,17). The van der Waals surface area contributed by atoms with Crippen LogP contribution < -0.4 is 11.1 Å². The number of carbonyl (C=O) groups is 1. The number of ether oxygens (including phenoxy) is 1. The Hall–Kier alpha value is -1.50. The predicted octanol–water partition coefficient (Wildman–Crippen LogP) is 0.837. The molecule has 0 spiro atoms. The number of rotatable bonds is 7. The van der Waals surface area contributed by atoms with Crippen LogP contribution in [0.4, 0.5) is 5.69 Å². The van der Waals surface area contributed by atoms with Gasteiger partial charge in [0.1, 0.15) is 4.99 Å². The van der Waals surface area contributed by atoms with Crippen LogP contribution >= 0.6 is 12.2 Å². The smallest absolute Gasteiger partial charge is 0.238 e. The molecule has 1 rings (SSSR count). The maximum atomic E-state index is 11.8. The van der Waals surface area contributed by atoms with Crippen molar-refractivity contribution in [3.63, 3.8) is 0 Å². The van der Waals surface area contributed by atoms with Gasteiger partial charge >= 0.3 is 0 Å². The van der Waals surface area contributed by atoms with Crippen LogP contribution in [0.5, 0.6) is 0 Å². The summed E-state index contributed by atoms with van der Waals surface area (Å²) >= 11 is 4.90. The van der Waals surface area contributed by atoms with Crippen LogP contribution in [-0.2, 0) is 9.53 Å². The molecule has 0 radical (unpaired) electrons. The van der Waals surface area contributed by atoms with Crippen molar-refractivity contribution < 1.29 is 9.53 Å². The van der Waals surface area contributed by atoms with Gasteiger partial charge in [0, 0.05) is 24.9 Å². The number of benzene rings is 1. The van der Waals surface area contributed by atoms with E-state index >= 15 is 0 Å². The first-order valence-corrected chi connectivity index (χ1v) is 6.31. The van der Waals surface area contributed by atoms with Crippen molar-refractivity contribution in [3.8, 4) is 0 Å². The zero-order valence-electron chi connectivity index (χ0n) is 11.2. The quantitative estimate of drug-likeness (QED) is 0.725. The van der Waals surface area contributed by atoms with Crippen molar-refractivity contribution in [2.24, 2.45) is 5.73 Å². The fraction of sp³-hybridized carbons (Fsp3) is 0.385. The Balaban J connectivity index is 2.52. The van der Waals surface area contributed by atoms with Gasteiger partial charge in [0.25, 0.3) is 0 Å². The molecule has 0 saturated carbocycles. The number of anilines is 1. The minimum atomic E-state index is -0.0845. The van der Waals surface area contributed by atoms with Gasteiger partial charge in [-0.1, -0.05) is 24.4 Å². The lowest BCUT2D eigenvalue weighted by Gasteiger charge is -2.15. The van der Waals surface area contributed by atoms with Crippen LogP contribution in [0.15, 0.2) is 24.3 Å². The van der Waals surface area contributed by atoms with Gasteiger partial charge in [-0.2, -0.15) is 0 Å². The SMILES string of the molecule is COCCN(C)CC(=O)Nc1cccc(C(N)=S)c1. The summed E-state index contributed by atoms with van der Waals surface area (Å²) in [4.78, 5) is 14.0. The van der Waals surface area contributed by atoms with Gasteiger partial charge in [-0.25, -0.2) is 0 Å². The molecular formula is C13H19N3O2S. The topological polar surface area (TPSA) is 67.6 Å². The zero-order chi connectivity index (χ0) is 14.3. The molecule has 1 aromatic rings. The summed E-state index contributed by atoms with van der Waals surface area (Å²) in [6.07, 6.45) is 0. The van der Waals surface area contributed by atoms with Crippen LogP contribution in [0.2, 0.25) is 0 Å². The average molecular weight is 281 g/mol. The zero-order valence-corrected chi connectivity index (χ0v) is 12.0. The normalized spacial score (nSPS) is 10.5. The molecule has 6 heteroatoms. The number of nitrogens with zero attached hydrogens (tertiary/aromatic N) is 1. The molecule has 0 atom stereocenters. The molecule has 3 N–H and O–H groups in total. The van der Waals surface area contributed by atoms with E-state index < -0.39 is 0 Å². The average Bonchev–Trinajstić information content (AvgIpc) is 2.36. The molecule has 0 bridgehead atoms. The monoisotopic (exact) mass is 281 g/mol. The van der Waals surface area contributed by atoms with Crippen LogP contribution in [0.3, 0.4) is 0 Å². The summed E-state index contributed by atoms with van der Waals surface area (Å²) in [6, 6.07) is 7.17. The third-order valence-corrected chi connectivity index (χ3v) is 2.76. The molecule has 1 amide bonds. The van der Waals surface area contributed by atoms with Crippen LogP contribution in [0.1, 0.15) is 5.56 Å². The van der Waals surface area contributed by atoms with E-state index in [1.54, 1.807) is 25.3 Å². The van der Waals surface area contributed by atoms with E-state index in [9.17, 15) is 4.79 Å². The van der Waals surface area contributed by atoms with Crippen molar-refractivity contribution in [2.45, 2.75) is 0 Å². The number of hydrogen-bond donors (Lipinski definition) is 2. The van der Waals surface area contributed by atoms with Crippen molar-refractivity contribution >= 4 is 28.8 Å². The number of methoxy groups -OCH3 is 1. The van der Waals surface area contributed by atoms with E-state index in [4.69, 9.17) is 22.7 Å². The Labute approximate surface area is 118 Å². The fourth-order valence-corrected chi connectivity index (χ4v) is 1.65. The lowest BCUT2D eigenvalue weighted by atomic mass is 10.2. The lowest BCUT2D eigenvalue weighted by molar-refractivity contribution is -0.117. The molecule has 1 aromatic carbocycles. The Morgan fingerprint density at radius 2 is 2.26 bits per heavy atom. The third-order valence-electron chi connectivity index (χ3n) is 2.52. The second-order valence-electron chi connectivity index (χ2n) is 4.22. The van der Waals surface area contributed by atoms with Crippen molar-refractivity contribution in [1.29, 1.82) is 0 Å². The highest BCUT2D eigenvalue weighted by molar-refractivity contribution is 7.80. The van der Waals surface area contributed by atoms with E-state index in [1.165, 1.54) is 0 Å². The van der Waals surface area contributed by atoms with Gasteiger partial charge in [-0.05, 0) is 19.2 Å². The second-order valence-corrected chi connectivity index (χ2v) is 4.66. The van der Waals surface area contributed by atoms with Crippen molar-refractivity contribution in [3.05, 3.63) is 29.8 Å². The molecule has 19 heavy (non-hydrogen) atoms. The first kappa shape index (κ1) is 15.6.